The summed E-state index contributed by atoms with van der Waals surface area (Å²) >= 11 is 0. The van der Waals surface area contributed by atoms with Gasteiger partial charge in [0.05, 0.1) is 6.42 Å². The minimum absolute atomic E-state index is 0.116. The number of fused-ring (bicyclic) bond motifs is 1. The van der Waals surface area contributed by atoms with Crippen molar-refractivity contribution < 1.29 is 9.59 Å². The zero-order valence-corrected chi connectivity index (χ0v) is 9.36. The zero-order chi connectivity index (χ0) is 11.9. The Labute approximate surface area is 94.0 Å². The van der Waals surface area contributed by atoms with Gasteiger partial charge in [0, 0.05) is 17.3 Å². The Kier molecular flexibility index (Phi) is 2.42. The van der Waals surface area contributed by atoms with E-state index in [2.05, 4.69) is 0 Å². The maximum atomic E-state index is 12.1. The maximum Gasteiger partial charge on any atom is 0.261 e. The van der Waals surface area contributed by atoms with Crippen molar-refractivity contribution in [2.24, 2.45) is 0 Å². The van der Waals surface area contributed by atoms with Gasteiger partial charge in [-0.1, -0.05) is 6.07 Å². The molecule has 0 atom stereocenters. The molecule has 0 saturated heterocycles. The first-order chi connectivity index (χ1) is 7.50. The van der Waals surface area contributed by atoms with E-state index in [1.165, 1.54) is 4.90 Å². The third-order valence-corrected chi connectivity index (χ3v) is 2.71. The summed E-state index contributed by atoms with van der Waals surface area (Å²) in [6.07, 6.45) is 0.277. The summed E-state index contributed by atoms with van der Waals surface area (Å²) in [4.78, 5) is 25.1. The van der Waals surface area contributed by atoms with E-state index in [1.807, 2.05) is 13.8 Å². The number of hydrogen-bond donors (Lipinski definition) is 1. The van der Waals surface area contributed by atoms with Gasteiger partial charge in [0.15, 0.2) is 0 Å². The molecule has 0 spiro atoms. The van der Waals surface area contributed by atoms with Crippen molar-refractivity contribution in [3.8, 4) is 0 Å². The van der Waals surface area contributed by atoms with E-state index in [1.54, 1.807) is 18.2 Å². The zero-order valence-electron chi connectivity index (χ0n) is 9.36. The van der Waals surface area contributed by atoms with E-state index in [-0.39, 0.29) is 24.3 Å². The van der Waals surface area contributed by atoms with Crippen LogP contribution in [-0.2, 0) is 11.2 Å². The molecule has 1 aromatic rings. The number of imide groups is 1. The van der Waals surface area contributed by atoms with Crippen LogP contribution in [0.3, 0.4) is 0 Å². The van der Waals surface area contributed by atoms with Crippen molar-refractivity contribution in [3.63, 3.8) is 0 Å². The van der Waals surface area contributed by atoms with Gasteiger partial charge in [-0.25, -0.2) is 0 Å². The van der Waals surface area contributed by atoms with Gasteiger partial charge < -0.3 is 5.73 Å². The fourth-order valence-corrected chi connectivity index (χ4v) is 1.96. The highest BCUT2D eigenvalue weighted by atomic mass is 16.2. The van der Waals surface area contributed by atoms with Crippen LogP contribution in [0.4, 0.5) is 5.69 Å². The molecule has 2 rings (SSSR count). The lowest BCUT2D eigenvalue weighted by molar-refractivity contribution is -0.129. The molecule has 16 heavy (non-hydrogen) atoms. The molecule has 0 aromatic heterocycles. The number of carbonyl (C=O) groups is 2. The van der Waals surface area contributed by atoms with Crippen molar-refractivity contribution in [1.82, 2.24) is 4.90 Å². The first-order valence-corrected chi connectivity index (χ1v) is 5.25. The Hall–Kier alpha value is -1.84. The molecule has 0 unspecified atom stereocenters. The van der Waals surface area contributed by atoms with Crippen molar-refractivity contribution in [2.75, 3.05) is 5.73 Å². The Morgan fingerprint density at radius 2 is 2.00 bits per heavy atom. The van der Waals surface area contributed by atoms with Gasteiger partial charge in [0.25, 0.3) is 5.91 Å². The van der Waals surface area contributed by atoms with Gasteiger partial charge in [-0.15, -0.1) is 0 Å². The topological polar surface area (TPSA) is 63.4 Å². The second-order valence-electron chi connectivity index (χ2n) is 4.26. The predicted octanol–water partition coefficient (Wildman–Crippen LogP) is 1.20. The Morgan fingerprint density at radius 3 is 2.62 bits per heavy atom. The van der Waals surface area contributed by atoms with E-state index in [0.29, 0.717) is 11.3 Å². The van der Waals surface area contributed by atoms with Gasteiger partial charge in [0.2, 0.25) is 5.91 Å². The lowest BCUT2D eigenvalue weighted by atomic mass is 9.97. The molecule has 84 valence electrons. The first-order valence-electron chi connectivity index (χ1n) is 5.25. The number of nitrogens with two attached hydrogens (primary N) is 1. The van der Waals surface area contributed by atoms with Gasteiger partial charge >= 0.3 is 0 Å². The molecule has 4 heteroatoms. The van der Waals surface area contributed by atoms with E-state index in [0.717, 1.165) is 5.56 Å². The Bertz CT molecular complexity index is 466. The maximum absolute atomic E-state index is 12.1. The minimum Gasteiger partial charge on any atom is -0.399 e. The van der Waals surface area contributed by atoms with Gasteiger partial charge in [-0.3, -0.25) is 14.5 Å². The van der Waals surface area contributed by atoms with Crippen LogP contribution in [0.5, 0.6) is 0 Å². The summed E-state index contributed by atoms with van der Waals surface area (Å²) in [5.74, 6) is -0.383. The van der Waals surface area contributed by atoms with Crippen molar-refractivity contribution >= 4 is 17.5 Å². The fraction of sp³-hybridized carbons (Fsp3) is 0.333. The molecule has 0 fully saturated rings. The highest BCUT2D eigenvalue weighted by Gasteiger charge is 2.32. The van der Waals surface area contributed by atoms with Crippen LogP contribution >= 0.6 is 0 Å². The van der Waals surface area contributed by atoms with Crippen LogP contribution in [0.15, 0.2) is 18.2 Å². The second-order valence-corrected chi connectivity index (χ2v) is 4.26. The van der Waals surface area contributed by atoms with Crippen LogP contribution in [0.2, 0.25) is 0 Å². The number of carbonyl (C=O) groups excluding carboxylic acids is 2. The summed E-state index contributed by atoms with van der Waals surface area (Å²) in [6.45, 7) is 3.65. The minimum atomic E-state index is -0.242. The summed E-state index contributed by atoms with van der Waals surface area (Å²) in [5.41, 5.74) is 7.51. The summed E-state index contributed by atoms with van der Waals surface area (Å²) in [7, 11) is 0. The van der Waals surface area contributed by atoms with E-state index >= 15 is 0 Å². The van der Waals surface area contributed by atoms with Crippen LogP contribution in [-0.4, -0.2) is 22.8 Å². The normalized spacial score (nSPS) is 15.6. The van der Waals surface area contributed by atoms with Crippen LogP contribution in [0, 0.1) is 0 Å². The highest BCUT2D eigenvalue weighted by molar-refractivity contribution is 6.10. The van der Waals surface area contributed by atoms with Gasteiger partial charge in [-0.05, 0) is 31.5 Å². The Balaban J connectivity index is 2.50. The van der Waals surface area contributed by atoms with Gasteiger partial charge in [-0.2, -0.15) is 0 Å². The number of hydrogen-bond acceptors (Lipinski definition) is 3. The number of anilines is 1. The Morgan fingerprint density at radius 1 is 1.31 bits per heavy atom. The fourth-order valence-electron chi connectivity index (χ4n) is 1.96. The van der Waals surface area contributed by atoms with Gasteiger partial charge in [0.1, 0.15) is 0 Å². The van der Waals surface area contributed by atoms with E-state index in [9.17, 15) is 9.59 Å². The number of nitrogens with zero attached hydrogens (tertiary/aromatic N) is 1. The smallest absolute Gasteiger partial charge is 0.261 e. The number of nitrogen functional groups attached to an aromatic ring is 1. The predicted molar refractivity (Wildman–Crippen MR) is 60.9 cm³/mol. The van der Waals surface area contributed by atoms with Crippen LogP contribution < -0.4 is 5.73 Å². The quantitative estimate of drug-likeness (QED) is 0.569. The third-order valence-electron chi connectivity index (χ3n) is 2.71. The standard InChI is InChI=1S/C12H14N2O2/c1-7(2)14-11(15)5-8-3-4-9(13)6-10(8)12(14)16/h3-4,6-7H,5,13H2,1-2H3. The third kappa shape index (κ3) is 1.56. The molecule has 0 radical (unpaired) electrons. The SMILES string of the molecule is CC(C)N1C(=O)Cc2ccc(N)cc2C1=O. The number of benzene rings is 1. The molecular weight excluding hydrogens is 204 g/mol. The lowest BCUT2D eigenvalue weighted by Gasteiger charge is -2.30. The molecule has 1 heterocycles. The lowest BCUT2D eigenvalue weighted by Crippen LogP contribution is -2.46. The average molecular weight is 218 g/mol. The molecular formula is C12H14N2O2. The molecule has 0 bridgehead atoms. The molecule has 1 aromatic carbocycles. The molecule has 1 aliphatic rings. The second kappa shape index (κ2) is 3.63. The molecule has 1 aliphatic heterocycles. The molecule has 2 amide bonds. The average Bonchev–Trinajstić information content (AvgIpc) is 2.19. The molecule has 4 nitrogen and oxygen atoms in total. The van der Waals surface area contributed by atoms with Crippen LogP contribution in [0.25, 0.3) is 0 Å². The van der Waals surface area contributed by atoms with Crippen molar-refractivity contribution in [3.05, 3.63) is 29.3 Å². The van der Waals surface area contributed by atoms with Crippen molar-refractivity contribution in [1.29, 1.82) is 0 Å². The molecule has 0 aliphatic carbocycles. The molecule has 2 N–H and O–H groups in total. The molecule has 0 saturated carbocycles. The van der Waals surface area contributed by atoms with E-state index < -0.39 is 0 Å². The van der Waals surface area contributed by atoms with Crippen molar-refractivity contribution in [2.45, 2.75) is 26.3 Å². The summed E-state index contributed by atoms with van der Waals surface area (Å²) < 4.78 is 0. The first kappa shape index (κ1) is 10.7. The highest BCUT2D eigenvalue weighted by Crippen LogP contribution is 2.23. The van der Waals surface area contributed by atoms with E-state index in [4.69, 9.17) is 5.73 Å². The summed E-state index contributed by atoms with van der Waals surface area (Å²) in [5, 5.41) is 0. The summed E-state index contributed by atoms with van der Waals surface area (Å²) in [6, 6.07) is 4.98. The number of amides is 2. The van der Waals surface area contributed by atoms with Crippen LogP contribution in [0.1, 0.15) is 29.8 Å². The largest absolute Gasteiger partial charge is 0.399 e. The number of rotatable bonds is 1. The monoisotopic (exact) mass is 218 g/mol.